The number of hydrogen-bond acceptors (Lipinski definition) is 2. The highest BCUT2D eigenvalue weighted by molar-refractivity contribution is 7.82. The molecule has 0 saturated carbocycles. The fraction of sp³-hybridized carbons (Fsp3) is 0.800. The monoisotopic (exact) mass is 147 g/mol. The van der Waals surface area contributed by atoms with Crippen molar-refractivity contribution in [2.45, 2.75) is 18.1 Å². The van der Waals surface area contributed by atoms with Crippen LogP contribution < -0.4 is 5.32 Å². The van der Waals surface area contributed by atoms with Crippen LogP contribution in [0.25, 0.3) is 0 Å². The first kappa shape index (κ1) is 6.36. The first-order valence-corrected chi connectivity index (χ1v) is 3.66. The largest absolute Gasteiger partial charge is 0.380 e. The maximum atomic E-state index is 4.92. The average molecular weight is 147 g/mol. The Balaban J connectivity index is 2.34. The van der Waals surface area contributed by atoms with Gasteiger partial charge in [0.25, 0.3) is 0 Å². The Morgan fingerprint density at radius 2 is 2.50 bits per heavy atom. The summed E-state index contributed by atoms with van der Waals surface area (Å²) in [5.74, 6) is 0. The van der Waals surface area contributed by atoms with E-state index in [2.05, 4.69) is 17.9 Å². The van der Waals surface area contributed by atoms with E-state index in [0.29, 0.717) is 5.25 Å². The lowest BCUT2D eigenvalue weighted by atomic mass is 10.2. The van der Waals surface area contributed by atoms with E-state index in [9.17, 15) is 0 Å². The molecule has 0 amide bonds. The van der Waals surface area contributed by atoms with E-state index < -0.39 is 0 Å². The number of piperidine rings is 1. The fourth-order valence-corrected chi connectivity index (χ4v) is 1.50. The molecule has 1 rings (SSSR count). The molecule has 8 heavy (non-hydrogen) atoms. The minimum Gasteiger partial charge on any atom is -0.380 e. The Kier molecular flexibility index (Phi) is 2.14. The predicted octanol–water partition coefficient (Wildman–Crippen LogP) is 0.996. The average Bonchev–Trinajstić information content (AvgIpc) is 1.64. The quantitative estimate of drug-likeness (QED) is 0.391. The van der Waals surface area contributed by atoms with Crippen LogP contribution in [0, 0.1) is 0 Å². The van der Waals surface area contributed by atoms with Gasteiger partial charge in [-0.1, -0.05) is 12.2 Å². The third kappa shape index (κ3) is 1.63. The summed E-state index contributed by atoms with van der Waals surface area (Å²) in [6, 6.07) is 0. The molecule has 0 bridgehead atoms. The van der Waals surface area contributed by atoms with Crippen molar-refractivity contribution in [1.82, 2.24) is 5.32 Å². The van der Waals surface area contributed by atoms with Crippen LogP contribution in [0.3, 0.4) is 0 Å². The smallest absolute Gasteiger partial charge is 0.0764 e. The molecule has 1 fully saturated rings. The first-order valence-electron chi connectivity index (χ1n) is 2.74. The van der Waals surface area contributed by atoms with E-state index >= 15 is 0 Å². The summed E-state index contributed by atoms with van der Waals surface area (Å²) in [4.78, 5) is 0.969. The molecule has 1 heterocycles. The maximum Gasteiger partial charge on any atom is 0.0764 e. The van der Waals surface area contributed by atoms with Gasteiger partial charge >= 0.3 is 0 Å². The van der Waals surface area contributed by atoms with Crippen LogP contribution in [0.5, 0.6) is 0 Å². The van der Waals surface area contributed by atoms with Crippen molar-refractivity contribution in [1.29, 1.82) is 0 Å². The predicted molar refractivity (Wildman–Crippen MR) is 42.6 cm³/mol. The van der Waals surface area contributed by atoms with E-state index in [1.54, 1.807) is 0 Å². The molecule has 1 N–H and O–H groups in total. The Morgan fingerprint density at radius 1 is 1.75 bits per heavy atom. The van der Waals surface area contributed by atoms with Crippen molar-refractivity contribution < 1.29 is 0 Å². The second-order valence-corrected chi connectivity index (χ2v) is 3.22. The van der Waals surface area contributed by atoms with Gasteiger partial charge in [-0.05, 0) is 6.42 Å². The molecular formula is C5H9NS2. The van der Waals surface area contributed by atoms with Crippen LogP contribution in [0.15, 0.2) is 0 Å². The second-order valence-electron chi connectivity index (χ2n) is 2.00. The molecule has 0 radical (unpaired) electrons. The van der Waals surface area contributed by atoms with Gasteiger partial charge < -0.3 is 5.32 Å². The van der Waals surface area contributed by atoms with E-state index in [4.69, 9.17) is 12.2 Å². The molecule has 1 aliphatic heterocycles. The number of rotatable bonds is 0. The number of nitrogens with one attached hydrogen (secondary N) is 1. The van der Waals surface area contributed by atoms with E-state index in [1.165, 1.54) is 0 Å². The lowest BCUT2D eigenvalue weighted by molar-refractivity contribution is 0.697. The van der Waals surface area contributed by atoms with Crippen molar-refractivity contribution in [3.8, 4) is 0 Å². The Morgan fingerprint density at radius 3 is 2.88 bits per heavy atom. The molecule has 0 aromatic rings. The van der Waals surface area contributed by atoms with Crippen LogP contribution in [-0.4, -0.2) is 16.8 Å². The molecule has 1 atom stereocenters. The minimum atomic E-state index is 0.503. The van der Waals surface area contributed by atoms with Crippen LogP contribution >= 0.6 is 24.8 Å². The van der Waals surface area contributed by atoms with Gasteiger partial charge in [0.15, 0.2) is 0 Å². The van der Waals surface area contributed by atoms with Crippen LogP contribution in [0.1, 0.15) is 12.8 Å². The summed E-state index contributed by atoms with van der Waals surface area (Å²) in [6.45, 7) is 1.01. The van der Waals surface area contributed by atoms with Crippen molar-refractivity contribution in [2.24, 2.45) is 0 Å². The molecule has 0 spiro atoms. The molecule has 1 nitrogen and oxygen atoms in total. The van der Waals surface area contributed by atoms with Crippen molar-refractivity contribution in [3.05, 3.63) is 0 Å². The number of hydrogen-bond donors (Lipinski definition) is 2. The maximum absolute atomic E-state index is 4.92. The summed E-state index contributed by atoms with van der Waals surface area (Å²) in [5.41, 5.74) is 0. The summed E-state index contributed by atoms with van der Waals surface area (Å²) < 4.78 is 0. The highest BCUT2D eigenvalue weighted by Gasteiger charge is 2.10. The molecule has 3 heteroatoms. The third-order valence-corrected chi connectivity index (χ3v) is 1.97. The Labute approximate surface area is 60.3 Å². The zero-order chi connectivity index (χ0) is 5.98. The summed E-state index contributed by atoms with van der Waals surface area (Å²) in [6.07, 6.45) is 2.10. The topological polar surface area (TPSA) is 12.0 Å². The molecule has 0 aromatic carbocycles. The highest BCUT2D eigenvalue weighted by Crippen LogP contribution is 2.09. The molecule has 1 aliphatic rings. The Bertz CT molecular complexity index is 103. The summed E-state index contributed by atoms with van der Waals surface area (Å²) in [5, 5.41) is 3.60. The standard InChI is InChI=1S/C5H9NS2/c7-4-1-2-6-5(8)3-4/h4,7H,1-3H2,(H,6,8). The zero-order valence-electron chi connectivity index (χ0n) is 4.55. The van der Waals surface area contributed by atoms with Gasteiger partial charge in [-0.25, -0.2) is 0 Å². The van der Waals surface area contributed by atoms with Crippen LogP contribution in [0.2, 0.25) is 0 Å². The molecule has 0 aromatic heterocycles. The van der Waals surface area contributed by atoms with Gasteiger partial charge in [-0.2, -0.15) is 12.6 Å². The molecule has 1 saturated heterocycles. The number of thiocarbonyl (C=S) groups is 1. The molecular weight excluding hydrogens is 138 g/mol. The van der Waals surface area contributed by atoms with E-state index in [0.717, 1.165) is 24.4 Å². The van der Waals surface area contributed by atoms with Crippen LogP contribution in [-0.2, 0) is 0 Å². The van der Waals surface area contributed by atoms with Crippen molar-refractivity contribution >= 4 is 29.8 Å². The fourth-order valence-electron chi connectivity index (χ4n) is 0.766. The lowest BCUT2D eigenvalue weighted by Gasteiger charge is -2.18. The highest BCUT2D eigenvalue weighted by atomic mass is 32.1. The molecule has 46 valence electrons. The van der Waals surface area contributed by atoms with Crippen LogP contribution in [0.4, 0.5) is 0 Å². The van der Waals surface area contributed by atoms with Crippen molar-refractivity contribution in [2.75, 3.05) is 6.54 Å². The van der Waals surface area contributed by atoms with Gasteiger partial charge in [0, 0.05) is 18.2 Å². The molecule has 0 aliphatic carbocycles. The van der Waals surface area contributed by atoms with Gasteiger partial charge in [-0.3, -0.25) is 0 Å². The van der Waals surface area contributed by atoms with Gasteiger partial charge in [0.05, 0.1) is 4.99 Å². The summed E-state index contributed by atoms with van der Waals surface area (Å²) in [7, 11) is 0. The zero-order valence-corrected chi connectivity index (χ0v) is 6.27. The van der Waals surface area contributed by atoms with Gasteiger partial charge in [0.2, 0.25) is 0 Å². The van der Waals surface area contributed by atoms with E-state index in [-0.39, 0.29) is 0 Å². The normalized spacial score (nSPS) is 29.6. The third-order valence-electron chi connectivity index (χ3n) is 1.22. The lowest BCUT2D eigenvalue weighted by Crippen LogP contribution is -2.32. The van der Waals surface area contributed by atoms with Crippen molar-refractivity contribution in [3.63, 3.8) is 0 Å². The Hall–Kier alpha value is 0.240. The van der Waals surface area contributed by atoms with Gasteiger partial charge in [-0.15, -0.1) is 0 Å². The SMILES string of the molecule is S=C1CC(S)CCN1. The first-order chi connectivity index (χ1) is 3.79. The number of thiol groups is 1. The van der Waals surface area contributed by atoms with Gasteiger partial charge in [0.1, 0.15) is 0 Å². The summed E-state index contributed by atoms with van der Waals surface area (Å²) >= 11 is 9.22. The molecule has 1 unspecified atom stereocenters. The minimum absolute atomic E-state index is 0.503. The second kappa shape index (κ2) is 2.69. The van der Waals surface area contributed by atoms with E-state index in [1.807, 2.05) is 0 Å².